The van der Waals surface area contributed by atoms with Gasteiger partial charge in [0.05, 0.1) is 31.2 Å². The van der Waals surface area contributed by atoms with E-state index < -0.39 is 5.97 Å². The molecule has 0 aliphatic carbocycles. The third kappa shape index (κ3) is 5.45. The van der Waals surface area contributed by atoms with Gasteiger partial charge >= 0.3 is 5.97 Å². The molecule has 0 aliphatic heterocycles. The van der Waals surface area contributed by atoms with E-state index >= 15 is 0 Å². The number of aromatic amines is 1. The van der Waals surface area contributed by atoms with Gasteiger partial charge in [0.25, 0.3) is 5.56 Å². The first-order valence-corrected chi connectivity index (χ1v) is 10.6. The predicted octanol–water partition coefficient (Wildman–Crippen LogP) is 2.81. The number of benzene rings is 1. The van der Waals surface area contributed by atoms with Crippen LogP contribution in [0.25, 0.3) is 11.3 Å². The lowest BCUT2D eigenvalue weighted by Gasteiger charge is -2.03. The minimum absolute atomic E-state index is 0.0227. The highest BCUT2D eigenvalue weighted by molar-refractivity contribution is 7.99. The highest BCUT2D eigenvalue weighted by Crippen LogP contribution is 2.32. The molecule has 156 valence electrons. The largest absolute Gasteiger partial charge is 0.481 e. The van der Waals surface area contributed by atoms with E-state index in [0.29, 0.717) is 10.6 Å². The minimum Gasteiger partial charge on any atom is -0.481 e. The number of methoxy groups -OCH3 is 1. The van der Waals surface area contributed by atoms with E-state index in [2.05, 4.69) is 20.3 Å². The number of rotatable bonds is 8. The Kier molecular flexibility index (Phi) is 7.20. The third-order valence-electron chi connectivity index (χ3n) is 3.63. The van der Waals surface area contributed by atoms with Crippen LogP contribution in [0.3, 0.4) is 0 Å². The molecule has 9 nitrogen and oxygen atoms in total. The first-order valence-electron chi connectivity index (χ1n) is 8.81. The molecule has 2 heterocycles. The fourth-order valence-corrected chi connectivity index (χ4v) is 3.94. The molecule has 0 bridgehead atoms. The predicted molar refractivity (Wildman–Crippen MR) is 114 cm³/mol. The summed E-state index contributed by atoms with van der Waals surface area (Å²) in [6, 6.07) is 10.4. The van der Waals surface area contributed by atoms with Crippen LogP contribution in [0.4, 0.5) is 5.13 Å². The molecule has 2 aromatic heterocycles. The molecule has 1 aromatic carbocycles. The maximum Gasteiger partial charge on any atom is 0.350 e. The molecule has 3 rings (SSSR count). The number of nitrogens with zero attached hydrogens (tertiary/aromatic N) is 2. The standard InChI is InChI=1S/C19H18N4O5S2/c1-3-28-17(26)16-15(11-7-5-4-6-8-11)23-19(30-16)21-13(25)10-29-18-20-12(24)9-14(22-18)27-2/h4-9H,3,10H2,1-2H3,(H,20,22,24)(H,21,23,25). The Bertz CT molecular complexity index is 1100. The van der Waals surface area contributed by atoms with Crippen LogP contribution in [0.15, 0.2) is 46.3 Å². The molecule has 11 heteroatoms. The van der Waals surface area contributed by atoms with Crippen molar-refractivity contribution in [3.8, 4) is 17.1 Å². The van der Waals surface area contributed by atoms with Gasteiger partial charge in [-0.15, -0.1) is 0 Å². The van der Waals surface area contributed by atoms with Crippen LogP contribution in [0.5, 0.6) is 5.88 Å². The van der Waals surface area contributed by atoms with Crippen LogP contribution in [0.2, 0.25) is 0 Å². The SMILES string of the molecule is CCOC(=O)c1sc(NC(=O)CSc2nc(OC)cc(=O)[nH]2)nc1-c1ccccc1. The van der Waals surface area contributed by atoms with Gasteiger partial charge in [-0.05, 0) is 6.92 Å². The molecule has 2 N–H and O–H groups in total. The number of hydrogen-bond donors (Lipinski definition) is 2. The van der Waals surface area contributed by atoms with E-state index in [-0.39, 0.29) is 40.0 Å². The number of amides is 1. The number of hydrogen-bond acceptors (Lipinski definition) is 9. The monoisotopic (exact) mass is 446 g/mol. The summed E-state index contributed by atoms with van der Waals surface area (Å²) in [5.74, 6) is -0.727. The minimum atomic E-state index is -0.498. The fourth-order valence-electron chi connectivity index (χ4n) is 2.38. The van der Waals surface area contributed by atoms with Gasteiger partial charge in [0.15, 0.2) is 10.3 Å². The van der Waals surface area contributed by atoms with Crippen molar-refractivity contribution in [1.82, 2.24) is 15.0 Å². The Labute approximate surface area is 179 Å². The molecule has 0 unspecified atom stereocenters. The Morgan fingerprint density at radius 1 is 1.23 bits per heavy atom. The zero-order chi connectivity index (χ0) is 21.5. The van der Waals surface area contributed by atoms with Crippen molar-refractivity contribution < 1.29 is 19.1 Å². The van der Waals surface area contributed by atoms with Crippen LogP contribution < -0.4 is 15.6 Å². The second-order valence-electron chi connectivity index (χ2n) is 5.71. The maximum atomic E-state index is 12.3. The van der Waals surface area contributed by atoms with Crippen molar-refractivity contribution in [2.45, 2.75) is 12.1 Å². The van der Waals surface area contributed by atoms with E-state index in [9.17, 15) is 14.4 Å². The number of nitrogens with one attached hydrogen (secondary N) is 2. The molecule has 0 atom stereocenters. The van der Waals surface area contributed by atoms with Crippen molar-refractivity contribution in [2.75, 3.05) is 24.8 Å². The van der Waals surface area contributed by atoms with Crippen molar-refractivity contribution in [2.24, 2.45) is 0 Å². The highest BCUT2D eigenvalue weighted by atomic mass is 32.2. The molecular formula is C19H18N4O5S2. The average molecular weight is 447 g/mol. The number of H-pyrrole nitrogens is 1. The van der Waals surface area contributed by atoms with Crippen molar-refractivity contribution >= 4 is 40.1 Å². The molecular weight excluding hydrogens is 428 g/mol. The molecule has 0 saturated heterocycles. The lowest BCUT2D eigenvalue weighted by molar-refractivity contribution is -0.113. The van der Waals surface area contributed by atoms with Gasteiger partial charge in [-0.25, -0.2) is 9.78 Å². The Morgan fingerprint density at radius 2 is 2.00 bits per heavy atom. The van der Waals surface area contributed by atoms with E-state index in [0.717, 1.165) is 28.7 Å². The first-order chi connectivity index (χ1) is 14.5. The van der Waals surface area contributed by atoms with Crippen molar-refractivity contribution in [1.29, 1.82) is 0 Å². The number of carbonyl (C=O) groups excluding carboxylic acids is 2. The second-order valence-corrected chi connectivity index (χ2v) is 7.68. The molecule has 0 fully saturated rings. The summed E-state index contributed by atoms with van der Waals surface area (Å²) in [4.78, 5) is 47.5. The topological polar surface area (TPSA) is 123 Å². The number of carbonyl (C=O) groups is 2. The normalized spacial score (nSPS) is 10.5. The molecule has 3 aromatic rings. The van der Waals surface area contributed by atoms with Gasteiger partial charge in [0, 0.05) is 5.56 Å². The molecule has 1 amide bonds. The number of ether oxygens (including phenoxy) is 2. The van der Waals surface area contributed by atoms with Crippen LogP contribution in [-0.2, 0) is 9.53 Å². The van der Waals surface area contributed by atoms with Gasteiger partial charge in [-0.1, -0.05) is 53.4 Å². The summed E-state index contributed by atoms with van der Waals surface area (Å²) in [6.45, 7) is 1.95. The lowest BCUT2D eigenvalue weighted by Crippen LogP contribution is -2.15. The van der Waals surface area contributed by atoms with E-state index in [1.807, 2.05) is 30.3 Å². The second kappa shape index (κ2) is 10.0. The van der Waals surface area contributed by atoms with Gasteiger partial charge in [0.1, 0.15) is 4.88 Å². The lowest BCUT2D eigenvalue weighted by atomic mass is 10.1. The van der Waals surface area contributed by atoms with Crippen LogP contribution in [-0.4, -0.2) is 46.3 Å². The van der Waals surface area contributed by atoms with E-state index in [4.69, 9.17) is 9.47 Å². The summed E-state index contributed by atoms with van der Waals surface area (Å²) in [5.41, 5.74) is 0.807. The van der Waals surface area contributed by atoms with E-state index in [1.54, 1.807) is 6.92 Å². The van der Waals surface area contributed by atoms with E-state index in [1.165, 1.54) is 13.2 Å². The highest BCUT2D eigenvalue weighted by Gasteiger charge is 2.21. The molecule has 0 radical (unpaired) electrons. The molecule has 0 aliphatic rings. The number of anilines is 1. The van der Waals surface area contributed by atoms with Gasteiger partial charge in [-0.3, -0.25) is 9.59 Å². The number of thiazole rings is 1. The summed E-state index contributed by atoms with van der Waals surface area (Å²) >= 11 is 2.08. The molecule has 30 heavy (non-hydrogen) atoms. The molecule has 0 saturated carbocycles. The number of thioether (sulfide) groups is 1. The van der Waals surface area contributed by atoms with Gasteiger partial charge in [0.2, 0.25) is 11.8 Å². The van der Waals surface area contributed by atoms with Crippen molar-refractivity contribution in [3.05, 3.63) is 51.6 Å². The zero-order valence-electron chi connectivity index (χ0n) is 16.1. The van der Waals surface area contributed by atoms with Crippen molar-refractivity contribution in [3.63, 3.8) is 0 Å². The summed E-state index contributed by atoms with van der Waals surface area (Å²) in [7, 11) is 1.40. The average Bonchev–Trinajstić information content (AvgIpc) is 3.16. The zero-order valence-corrected chi connectivity index (χ0v) is 17.8. The number of esters is 1. The quantitative estimate of drug-likeness (QED) is 0.308. The Hall–Kier alpha value is -3.18. The maximum absolute atomic E-state index is 12.3. The number of aromatic nitrogens is 3. The summed E-state index contributed by atoms with van der Waals surface area (Å²) < 4.78 is 10.0. The molecule has 0 spiro atoms. The van der Waals surface area contributed by atoms with Gasteiger partial charge < -0.3 is 19.8 Å². The van der Waals surface area contributed by atoms with Crippen LogP contribution in [0.1, 0.15) is 16.6 Å². The van der Waals surface area contributed by atoms with Gasteiger partial charge in [-0.2, -0.15) is 4.98 Å². The summed E-state index contributed by atoms with van der Waals surface area (Å²) in [6.07, 6.45) is 0. The van der Waals surface area contributed by atoms with Crippen LogP contribution in [0, 0.1) is 0 Å². The Morgan fingerprint density at radius 3 is 2.70 bits per heavy atom. The third-order valence-corrected chi connectivity index (χ3v) is 5.45. The summed E-state index contributed by atoms with van der Waals surface area (Å²) in [5, 5.41) is 3.20. The fraction of sp³-hybridized carbons (Fsp3) is 0.211. The smallest absolute Gasteiger partial charge is 0.350 e. The Balaban J connectivity index is 1.74. The van der Waals surface area contributed by atoms with Crippen LogP contribution >= 0.6 is 23.1 Å². The first kappa shape index (κ1) is 21.5.